The van der Waals surface area contributed by atoms with Gasteiger partial charge < -0.3 is 9.47 Å². The van der Waals surface area contributed by atoms with Crippen LogP contribution in [0.3, 0.4) is 0 Å². The van der Waals surface area contributed by atoms with Crippen molar-refractivity contribution >= 4 is 11.6 Å². The van der Waals surface area contributed by atoms with E-state index in [1.54, 1.807) is 0 Å². The van der Waals surface area contributed by atoms with Gasteiger partial charge >= 0.3 is 0 Å². The third-order valence-electron chi connectivity index (χ3n) is 4.90. The summed E-state index contributed by atoms with van der Waals surface area (Å²) in [6.07, 6.45) is 5.10. The highest BCUT2D eigenvalue weighted by Gasteiger charge is 2.55. The van der Waals surface area contributed by atoms with Crippen LogP contribution in [0.5, 0.6) is 11.5 Å². The topological polar surface area (TPSA) is 18.5 Å². The van der Waals surface area contributed by atoms with Gasteiger partial charge in [0.2, 0.25) is 0 Å². The van der Waals surface area contributed by atoms with Crippen molar-refractivity contribution in [1.29, 1.82) is 0 Å². The molecule has 4 rings (SSSR count). The molecule has 0 saturated heterocycles. The van der Waals surface area contributed by atoms with Crippen LogP contribution in [0.25, 0.3) is 0 Å². The van der Waals surface area contributed by atoms with Crippen molar-refractivity contribution in [2.24, 2.45) is 17.8 Å². The highest BCUT2D eigenvalue weighted by molar-refractivity contribution is 6.21. The third-order valence-corrected chi connectivity index (χ3v) is 5.44. The molecule has 0 amide bonds. The van der Waals surface area contributed by atoms with Crippen LogP contribution in [0.2, 0.25) is 0 Å². The predicted octanol–water partition coefficient (Wildman–Crippen LogP) is 4.17. The lowest BCUT2D eigenvalue weighted by molar-refractivity contribution is 0.297. The minimum Gasteiger partial charge on any atom is -0.490 e. The maximum absolute atomic E-state index is 6.69. The van der Waals surface area contributed by atoms with Gasteiger partial charge in [0.1, 0.15) is 0 Å². The first kappa shape index (κ1) is 11.9. The molecule has 3 heteroatoms. The summed E-state index contributed by atoms with van der Waals surface area (Å²) in [5, 5.41) is 0.146. The molecule has 0 spiro atoms. The molecule has 1 aromatic rings. The van der Waals surface area contributed by atoms with Gasteiger partial charge in [0.05, 0.1) is 18.6 Å². The molecule has 1 aliphatic heterocycles. The number of hydrogen-bond acceptors (Lipinski definition) is 2. The van der Waals surface area contributed by atoms with E-state index in [-0.39, 0.29) is 5.38 Å². The highest BCUT2D eigenvalue weighted by atomic mass is 35.5. The second kappa shape index (κ2) is 4.59. The quantitative estimate of drug-likeness (QED) is 0.756. The van der Waals surface area contributed by atoms with Gasteiger partial charge in [-0.2, -0.15) is 0 Å². The summed E-state index contributed by atoms with van der Waals surface area (Å²) in [6, 6.07) is 6.22. The standard InChI is InChI=1S/C16H19ClO2/c17-16(15-11-3-1-4-12(11)15)10-5-6-13-14(9-10)19-8-2-7-18-13/h5-6,9,11-12,15-16H,1-4,7-8H2. The first-order valence-corrected chi connectivity index (χ1v) is 7.82. The van der Waals surface area contributed by atoms with Crippen LogP contribution in [-0.2, 0) is 0 Å². The number of benzene rings is 1. The molecule has 3 atom stereocenters. The zero-order chi connectivity index (χ0) is 12.8. The van der Waals surface area contributed by atoms with E-state index in [1.165, 1.54) is 24.8 Å². The molecular weight excluding hydrogens is 260 g/mol. The fourth-order valence-corrected chi connectivity index (χ4v) is 4.39. The molecule has 1 heterocycles. The van der Waals surface area contributed by atoms with Crippen LogP contribution in [0, 0.1) is 17.8 Å². The predicted molar refractivity (Wildman–Crippen MR) is 75.0 cm³/mol. The van der Waals surface area contributed by atoms with Crippen molar-refractivity contribution in [2.45, 2.75) is 31.1 Å². The molecule has 2 saturated carbocycles. The lowest BCUT2D eigenvalue weighted by Crippen LogP contribution is -2.00. The zero-order valence-corrected chi connectivity index (χ0v) is 11.7. The lowest BCUT2D eigenvalue weighted by atomic mass is 10.0. The molecule has 0 aromatic heterocycles. The minimum atomic E-state index is 0.146. The van der Waals surface area contributed by atoms with E-state index < -0.39 is 0 Å². The molecule has 3 aliphatic rings. The number of alkyl halides is 1. The Balaban J connectivity index is 1.56. The molecule has 2 aliphatic carbocycles. The number of fused-ring (bicyclic) bond motifs is 2. The van der Waals surface area contributed by atoms with Gasteiger partial charge in [-0.15, -0.1) is 11.6 Å². The highest BCUT2D eigenvalue weighted by Crippen LogP contribution is 2.64. The smallest absolute Gasteiger partial charge is 0.161 e. The average Bonchev–Trinajstić information content (AvgIpc) is 3.02. The summed E-state index contributed by atoms with van der Waals surface area (Å²) >= 11 is 6.69. The van der Waals surface area contributed by atoms with Crippen LogP contribution in [0.4, 0.5) is 0 Å². The van der Waals surface area contributed by atoms with Crippen LogP contribution in [-0.4, -0.2) is 13.2 Å². The Hall–Kier alpha value is -0.890. The van der Waals surface area contributed by atoms with Crippen molar-refractivity contribution in [1.82, 2.24) is 0 Å². The van der Waals surface area contributed by atoms with E-state index in [0.29, 0.717) is 5.92 Å². The number of ether oxygens (including phenoxy) is 2. The van der Waals surface area contributed by atoms with Crippen molar-refractivity contribution < 1.29 is 9.47 Å². The molecule has 0 radical (unpaired) electrons. The van der Waals surface area contributed by atoms with E-state index in [9.17, 15) is 0 Å². The monoisotopic (exact) mass is 278 g/mol. The van der Waals surface area contributed by atoms with Crippen molar-refractivity contribution in [2.75, 3.05) is 13.2 Å². The minimum absolute atomic E-state index is 0.146. The maximum Gasteiger partial charge on any atom is 0.161 e. The van der Waals surface area contributed by atoms with Crippen molar-refractivity contribution in [3.8, 4) is 11.5 Å². The largest absolute Gasteiger partial charge is 0.490 e. The maximum atomic E-state index is 6.69. The molecule has 19 heavy (non-hydrogen) atoms. The van der Waals surface area contributed by atoms with Gasteiger partial charge in [-0.25, -0.2) is 0 Å². The summed E-state index contributed by atoms with van der Waals surface area (Å²) in [7, 11) is 0. The first-order chi connectivity index (χ1) is 9.34. The van der Waals surface area contributed by atoms with Gasteiger partial charge in [-0.05, 0) is 48.3 Å². The van der Waals surface area contributed by atoms with E-state index in [4.69, 9.17) is 21.1 Å². The van der Waals surface area contributed by atoms with Gasteiger partial charge in [-0.1, -0.05) is 12.5 Å². The summed E-state index contributed by atoms with van der Waals surface area (Å²) in [6.45, 7) is 1.47. The summed E-state index contributed by atoms with van der Waals surface area (Å²) < 4.78 is 11.4. The molecule has 1 aromatic carbocycles. The summed E-state index contributed by atoms with van der Waals surface area (Å²) in [4.78, 5) is 0. The lowest BCUT2D eigenvalue weighted by Gasteiger charge is -2.14. The number of hydrogen-bond donors (Lipinski definition) is 0. The first-order valence-electron chi connectivity index (χ1n) is 7.38. The van der Waals surface area contributed by atoms with Crippen LogP contribution < -0.4 is 9.47 Å². The van der Waals surface area contributed by atoms with Crippen LogP contribution >= 0.6 is 11.6 Å². The van der Waals surface area contributed by atoms with Gasteiger partial charge in [0.15, 0.2) is 11.5 Å². The second-order valence-corrected chi connectivity index (χ2v) is 6.46. The van der Waals surface area contributed by atoms with Crippen LogP contribution in [0.15, 0.2) is 18.2 Å². The normalized spacial score (nSPS) is 33.4. The molecule has 0 N–H and O–H groups in total. The fraction of sp³-hybridized carbons (Fsp3) is 0.625. The molecular formula is C16H19ClO2. The van der Waals surface area contributed by atoms with Gasteiger partial charge in [0, 0.05) is 6.42 Å². The Morgan fingerprint density at radius 2 is 1.74 bits per heavy atom. The SMILES string of the molecule is ClC(c1ccc2c(c1)OCCCO2)C1C2CCCC21. The Kier molecular flexibility index (Phi) is 2.87. The third kappa shape index (κ3) is 2.01. The summed E-state index contributed by atoms with van der Waals surface area (Å²) in [5.74, 6) is 4.20. The number of halogens is 1. The van der Waals surface area contributed by atoms with E-state index in [1.807, 2.05) is 6.07 Å². The average molecular weight is 279 g/mol. The van der Waals surface area contributed by atoms with E-state index in [2.05, 4.69) is 12.1 Å². The molecule has 2 fully saturated rings. The van der Waals surface area contributed by atoms with Crippen molar-refractivity contribution in [3.05, 3.63) is 23.8 Å². The Labute approximate surface area is 119 Å². The molecule has 102 valence electrons. The van der Waals surface area contributed by atoms with Gasteiger partial charge in [-0.3, -0.25) is 0 Å². The van der Waals surface area contributed by atoms with E-state index >= 15 is 0 Å². The summed E-state index contributed by atoms with van der Waals surface area (Å²) in [5.41, 5.74) is 1.20. The number of rotatable bonds is 2. The Morgan fingerprint density at radius 1 is 1.00 bits per heavy atom. The Morgan fingerprint density at radius 3 is 2.53 bits per heavy atom. The molecule has 3 unspecified atom stereocenters. The molecule has 2 nitrogen and oxygen atoms in total. The Bertz CT molecular complexity index is 478. The van der Waals surface area contributed by atoms with E-state index in [0.717, 1.165) is 43.0 Å². The van der Waals surface area contributed by atoms with Crippen molar-refractivity contribution in [3.63, 3.8) is 0 Å². The molecule has 0 bridgehead atoms. The zero-order valence-electron chi connectivity index (χ0n) is 11.0. The van der Waals surface area contributed by atoms with Crippen LogP contribution in [0.1, 0.15) is 36.6 Å². The fourth-order valence-electron chi connectivity index (χ4n) is 3.88. The second-order valence-electron chi connectivity index (χ2n) is 5.99. The van der Waals surface area contributed by atoms with Gasteiger partial charge in [0.25, 0.3) is 0 Å².